The second-order valence-electron chi connectivity index (χ2n) is 8.04. The highest BCUT2D eigenvalue weighted by molar-refractivity contribution is 5.93. The van der Waals surface area contributed by atoms with Gasteiger partial charge in [0.25, 0.3) is 5.91 Å². The molecule has 25 heavy (non-hydrogen) atoms. The van der Waals surface area contributed by atoms with E-state index in [1.54, 1.807) is 6.26 Å². The van der Waals surface area contributed by atoms with Gasteiger partial charge in [0, 0.05) is 18.4 Å². The summed E-state index contributed by atoms with van der Waals surface area (Å²) < 4.78 is 11.5. The fraction of sp³-hybridized carbons (Fsp3) is 0.600. The third-order valence-electron chi connectivity index (χ3n) is 5.67. The van der Waals surface area contributed by atoms with Gasteiger partial charge in [0.1, 0.15) is 5.76 Å². The highest BCUT2D eigenvalue weighted by atomic mass is 16.4. The number of hydrogen-bond acceptors (Lipinski definition) is 4. The molecule has 3 heterocycles. The van der Waals surface area contributed by atoms with Crippen LogP contribution in [0.15, 0.2) is 27.2 Å². The number of carbonyl (C=O) groups excluding carboxylic acids is 1. The second kappa shape index (κ2) is 6.04. The minimum Gasteiger partial charge on any atom is -0.467 e. The average molecular weight is 342 g/mol. The molecule has 5 heteroatoms. The van der Waals surface area contributed by atoms with Crippen LogP contribution in [0.3, 0.4) is 0 Å². The van der Waals surface area contributed by atoms with Gasteiger partial charge in [0.15, 0.2) is 5.89 Å². The monoisotopic (exact) mass is 342 g/mol. The number of hydrogen-bond donors (Lipinski definition) is 0. The van der Waals surface area contributed by atoms with Gasteiger partial charge in [-0.1, -0.05) is 26.7 Å². The van der Waals surface area contributed by atoms with E-state index in [0.29, 0.717) is 23.3 Å². The number of nitrogens with zero attached hydrogens (tertiary/aromatic N) is 2. The third kappa shape index (κ3) is 2.70. The third-order valence-corrected chi connectivity index (χ3v) is 5.67. The molecule has 134 valence electrons. The molecule has 1 amide bonds. The summed E-state index contributed by atoms with van der Waals surface area (Å²) in [6, 6.07) is 3.91. The lowest BCUT2D eigenvalue weighted by Crippen LogP contribution is -2.59. The number of aromatic nitrogens is 1. The molecular weight excluding hydrogens is 316 g/mol. The molecule has 1 aliphatic heterocycles. The van der Waals surface area contributed by atoms with Gasteiger partial charge < -0.3 is 13.7 Å². The summed E-state index contributed by atoms with van der Waals surface area (Å²) in [6.07, 6.45) is 7.24. The minimum absolute atomic E-state index is 0.0237. The first-order valence-electron chi connectivity index (χ1n) is 9.31. The van der Waals surface area contributed by atoms with Crippen molar-refractivity contribution in [2.75, 3.05) is 6.54 Å². The van der Waals surface area contributed by atoms with Crippen molar-refractivity contribution < 1.29 is 13.6 Å². The minimum atomic E-state index is -0.0565. The number of oxazole rings is 1. The fourth-order valence-electron chi connectivity index (χ4n) is 4.55. The molecule has 1 aliphatic carbocycles. The molecular formula is C20H26N2O3. The number of carbonyl (C=O) groups is 1. The van der Waals surface area contributed by atoms with Crippen molar-refractivity contribution in [3.05, 3.63) is 41.5 Å². The van der Waals surface area contributed by atoms with Crippen molar-refractivity contribution in [1.29, 1.82) is 0 Å². The average Bonchev–Trinajstić information content (AvgIpc) is 3.25. The van der Waals surface area contributed by atoms with E-state index in [-0.39, 0.29) is 17.4 Å². The molecule has 1 atom stereocenters. The molecule has 2 aliphatic rings. The quantitative estimate of drug-likeness (QED) is 0.819. The van der Waals surface area contributed by atoms with Crippen LogP contribution in [0.2, 0.25) is 0 Å². The van der Waals surface area contributed by atoms with E-state index in [0.717, 1.165) is 31.6 Å². The molecule has 2 aromatic rings. The Morgan fingerprint density at radius 3 is 2.80 bits per heavy atom. The van der Waals surface area contributed by atoms with Gasteiger partial charge in [-0.3, -0.25) is 4.79 Å². The van der Waals surface area contributed by atoms with Crippen molar-refractivity contribution in [2.24, 2.45) is 11.3 Å². The summed E-state index contributed by atoms with van der Waals surface area (Å²) in [5, 5.41) is 0. The predicted molar refractivity (Wildman–Crippen MR) is 93.2 cm³/mol. The van der Waals surface area contributed by atoms with Gasteiger partial charge in [-0.2, -0.15) is 0 Å². The van der Waals surface area contributed by atoms with Crippen molar-refractivity contribution in [2.45, 2.75) is 58.9 Å². The first kappa shape index (κ1) is 16.4. The van der Waals surface area contributed by atoms with E-state index in [2.05, 4.69) is 18.8 Å². The molecule has 2 fully saturated rings. The lowest BCUT2D eigenvalue weighted by atomic mass is 9.69. The number of furan rings is 1. The van der Waals surface area contributed by atoms with Crippen LogP contribution in [-0.2, 0) is 6.42 Å². The van der Waals surface area contributed by atoms with Gasteiger partial charge >= 0.3 is 0 Å². The van der Waals surface area contributed by atoms with E-state index in [1.807, 2.05) is 24.0 Å². The first-order valence-corrected chi connectivity index (χ1v) is 9.31. The van der Waals surface area contributed by atoms with Crippen LogP contribution < -0.4 is 0 Å². The van der Waals surface area contributed by atoms with Crippen LogP contribution in [0.5, 0.6) is 0 Å². The molecule has 1 spiro atoms. The molecule has 2 aromatic heterocycles. The highest BCUT2D eigenvalue weighted by Crippen LogP contribution is 2.58. The Bertz CT molecular complexity index is 754. The number of amides is 1. The summed E-state index contributed by atoms with van der Waals surface area (Å²) in [5.41, 5.74) is 0.869. The number of likely N-dealkylation sites (tertiary alicyclic amines) is 1. The largest absolute Gasteiger partial charge is 0.467 e. The summed E-state index contributed by atoms with van der Waals surface area (Å²) in [5.74, 6) is 2.32. The zero-order chi connectivity index (χ0) is 17.6. The Balaban J connectivity index is 1.61. The van der Waals surface area contributed by atoms with E-state index < -0.39 is 0 Å². The van der Waals surface area contributed by atoms with Crippen LogP contribution in [0, 0.1) is 18.3 Å². The zero-order valence-electron chi connectivity index (χ0n) is 15.2. The summed E-state index contributed by atoms with van der Waals surface area (Å²) in [4.78, 5) is 19.5. The maximum absolute atomic E-state index is 13.1. The molecule has 1 saturated carbocycles. The van der Waals surface area contributed by atoms with Crippen molar-refractivity contribution in [3.8, 4) is 0 Å². The smallest absolute Gasteiger partial charge is 0.292 e. The second-order valence-corrected chi connectivity index (χ2v) is 8.04. The molecule has 0 aromatic carbocycles. The maximum atomic E-state index is 13.1. The Morgan fingerprint density at radius 2 is 2.16 bits per heavy atom. The number of rotatable bonds is 4. The molecule has 0 bridgehead atoms. The Hall–Kier alpha value is -2.04. The zero-order valence-corrected chi connectivity index (χ0v) is 15.2. The van der Waals surface area contributed by atoms with E-state index >= 15 is 0 Å². The molecule has 1 saturated heterocycles. The lowest BCUT2D eigenvalue weighted by Gasteiger charge is -2.54. The Labute approximate surface area is 148 Å². The van der Waals surface area contributed by atoms with Crippen molar-refractivity contribution in [1.82, 2.24) is 9.88 Å². The van der Waals surface area contributed by atoms with Crippen LogP contribution in [0.1, 0.15) is 73.5 Å². The Morgan fingerprint density at radius 1 is 1.40 bits per heavy atom. The Kier molecular flexibility index (Phi) is 3.97. The van der Waals surface area contributed by atoms with E-state index in [4.69, 9.17) is 8.83 Å². The maximum Gasteiger partial charge on any atom is 0.292 e. The summed E-state index contributed by atoms with van der Waals surface area (Å²) >= 11 is 0. The fourth-order valence-corrected chi connectivity index (χ4v) is 4.55. The molecule has 0 radical (unpaired) electrons. The van der Waals surface area contributed by atoms with Crippen LogP contribution in [0.25, 0.3) is 0 Å². The molecule has 0 N–H and O–H groups in total. The van der Waals surface area contributed by atoms with Gasteiger partial charge in [-0.25, -0.2) is 4.98 Å². The predicted octanol–water partition coefficient (Wildman–Crippen LogP) is 4.53. The molecule has 4 rings (SSSR count). The van der Waals surface area contributed by atoms with Gasteiger partial charge in [0.2, 0.25) is 5.76 Å². The van der Waals surface area contributed by atoms with Gasteiger partial charge in [0.05, 0.1) is 18.0 Å². The van der Waals surface area contributed by atoms with Gasteiger partial charge in [-0.05, 0) is 37.8 Å². The topological polar surface area (TPSA) is 59.5 Å². The molecule has 5 nitrogen and oxygen atoms in total. The van der Waals surface area contributed by atoms with Crippen LogP contribution in [-0.4, -0.2) is 22.3 Å². The number of aryl methyl sites for hydroxylation is 1. The van der Waals surface area contributed by atoms with Crippen LogP contribution >= 0.6 is 0 Å². The van der Waals surface area contributed by atoms with E-state index in [9.17, 15) is 4.79 Å². The SMILES string of the molecule is Cc1nc(CC(C)C)oc1C(=O)N1CC2(CCCC2)C1c1ccco1. The first-order chi connectivity index (χ1) is 12.0. The van der Waals surface area contributed by atoms with Gasteiger partial charge in [-0.15, -0.1) is 0 Å². The highest BCUT2D eigenvalue weighted by Gasteiger charge is 2.57. The van der Waals surface area contributed by atoms with Crippen molar-refractivity contribution >= 4 is 5.91 Å². The van der Waals surface area contributed by atoms with Crippen LogP contribution in [0.4, 0.5) is 0 Å². The standard InChI is InChI=1S/C20H26N2O3/c1-13(2)11-16-21-14(3)17(25-16)19(23)22-12-20(8-4-5-9-20)18(22)15-7-6-10-24-15/h6-7,10,13,18H,4-5,8-9,11-12H2,1-3H3. The summed E-state index contributed by atoms with van der Waals surface area (Å²) in [7, 11) is 0. The lowest BCUT2D eigenvalue weighted by molar-refractivity contribution is -0.0620. The normalized spacial score (nSPS) is 21.9. The summed E-state index contributed by atoms with van der Waals surface area (Å²) in [6.45, 7) is 6.88. The molecule has 1 unspecified atom stereocenters. The van der Waals surface area contributed by atoms with Crippen molar-refractivity contribution in [3.63, 3.8) is 0 Å². The van der Waals surface area contributed by atoms with E-state index in [1.165, 1.54) is 12.8 Å².